The number of nitrogens with two attached hydrogens (primary N) is 1. The molecule has 0 aliphatic carbocycles. The third kappa shape index (κ3) is 2.48. The number of primary amides is 1. The van der Waals surface area contributed by atoms with Gasteiger partial charge < -0.3 is 10.5 Å². The normalized spacial score (nSPS) is 10.2. The molecule has 2 rings (SSSR count). The fraction of sp³-hybridized carbons (Fsp3) is 0.0909. The van der Waals surface area contributed by atoms with E-state index in [9.17, 15) is 4.79 Å². The number of thiazole rings is 1. The second-order valence-corrected chi connectivity index (χ2v) is 4.92. The number of amides is 1. The molecule has 0 bridgehead atoms. The van der Waals surface area contributed by atoms with E-state index in [1.54, 1.807) is 25.3 Å². The first kappa shape index (κ1) is 12.1. The van der Waals surface area contributed by atoms with E-state index in [4.69, 9.17) is 10.5 Å². The highest BCUT2D eigenvalue weighted by Crippen LogP contribution is 2.31. The maximum Gasteiger partial charge on any atom is 0.249 e. The van der Waals surface area contributed by atoms with E-state index in [0.29, 0.717) is 16.9 Å². The molecule has 0 saturated heterocycles. The van der Waals surface area contributed by atoms with Crippen LogP contribution in [0.15, 0.2) is 28.2 Å². The topological polar surface area (TPSA) is 65.2 Å². The van der Waals surface area contributed by atoms with Crippen LogP contribution in [-0.2, 0) is 0 Å². The summed E-state index contributed by atoms with van der Waals surface area (Å²) in [7, 11) is 1.57. The van der Waals surface area contributed by atoms with Crippen LogP contribution in [0.4, 0.5) is 0 Å². The van der Waals surface area contributed by atoms with Gasteiger partial charge in [0.2, 0.25) is 5.91 Å². The first-order valence-electron chi connectivity index (χ1n) is 4.71. The third-order valence-corrected chi connectivity index (χ3v) is 3.78. The van der Waals surface area contributed by atoms with Crippen LogP contribution in [0.3, 0.4) is 0 Å². The largest absolute Gasteiger partial charge is 0.497 e. The van der Waals surface area contributed by atoms with E-state index >= 15 is 0 Å². The number of aromatic nitrogens is 1. The van der Waals surface area contributed by atoms with Crippen LogP contribution in [0.5, 0.6) is 5.75 Å². The van der Waals surface area contributed by atoms with Gasteiger partial charge in [-0.05, 0) is 34.1 Å². The molecule has 1 aromatic heterocycles. The first-order chi connectivity index (χ1) is 8.11. The summed E-state index contributed by atoms with van der Waals surface area (Å²) in [6.45, 7) is 0. The number of methoxy groups -OCH3 is 1. The molecule has 0 atom stereocenters. The highest BCUT2D eigenvalue weighted by atomic mass is 79.9. The Hall–Kier alpha value is -1.40. The molecule has 17 heavy (non-hydrogen) atoms. The van der Waals surface area contributed by atoms with Gasteiger partial charge in [-0.1, -0.05) is 0 Å². The van der Waals surface area contributed by atoms with Gasteiger partial charge in [0.25, 0.3) is 0 Å². The Labute approximate surface area is 111 Å². The van der Waals surface area contributed by atoms with E-state index in [0.717, 1.165) is 9.61 Å². The summed E-state index contributed by atoms with van der Waals surface area (Å²) >= 11 is 4.71. The zero-order chi connectivity index (χ0) is 12.4. The highest BCUT2D eigenvalue weighted by molar-refractivity contribution is 9.10. The predicted molar refractivity (Wildman–Crippen MR) is 70.3 cm³/mol. The number of hydrogen-bond acceptors (Lipinski definition) is 4. The van der Waals surface area contributed by atoms with Gasteiger partial charge in [-0.3, -0.25) is 4.79 Å². The summed E-state index contributed by atoms with van der Waals surface area (Å²) < 4.78 is 5.86. The van der Waals surface area contributed by atoms with Crippen molar-refractivity contribution in [1.29, 1.82) is 0 Å². The van der Waals surface area contributed by atoms with Crippen molar-refractivity contribution in [3.8, 4) is 16.3 Å². The summed E-state index contributed by atoms with van der Waals surface area (Å²) in [4.78, 5) is 15.6. The van der Waals surface area contributed by atoms with Gasteiger partial charge in [-0.2, -0.15) is 0 Å². The Bertz CT molecular complexity index is 568. The Balaban J connectivity index is 2.60. The van der Waals surface area contributed by atoms with Gasteiger partial charge in [0.1, 0.15) is 15.4 Å². The Morgan fingerprint density at radius 3 is 2.82 bits per heavy atom. The summed E-state index contributed by atoms with van der Waals surface area (Å²) in [6.07, 6.45) is 0. The van der Waals surface area contributed by atoms with Crippen molar-refractivity contribution >= 4 is 33.2 Å². The molecule has 6 heteroatoms. The molecule has 0 saturated carbocycles. The SMILES string of the molecule is COc1ccc(C(N)=O)c(-c2nc(Br)cs2)c1. The fourth-order valence-electron chi connectivity index (χ4n) is 1.42. The molecule has 88 valence electrons. The second-order valence-electron chi connectivity index (χ2n) is 3.25. The van der Waals surface area contributed by atoms with Crippen molar-refractivity contribution < 1.29 is 9.53 Å². The Morgan fingerprint density at radius 2 is 2.29 bits per heavy atom. The van der Waals surface area contributed by atoms with Crippen molar-refractivity contribution in [3.05, 3.63) is 33.7 Å². The lowest BCUT2D eigenvalue weighted by Crippen LogP contribution is -2.12. The van der Waals surface area contributed by atoms with Crippen LogP contribution < -0.4 is 10.5 Å². The van der Waals surface area contributed by atoms with Gasteiger partial charge in [-0.25, -0.2) is 4.98 Å². The molecule has 0 aliphatic rings. The van der Waals surface area contributed by atoms with Gasteiger partial charge in [0, 0.05) is 16.5 Å². The van der Waals surface area contributed by atoms with E-state index in [2.05, 4.69) is 20.9 Å². The number of halogens is 1. The molecule has 1 aromatic carbocycles. The number of rotatable bonds is 3. The summed E-state index contributed by atoms with van der Waals surface area (Å²) in [5, 5.41) is 2.57. The highest BCUT2D eigenvalue weighted by Gasteiger charge is 2.14. The van der Waals surface area contributed by atoms with Gasteiger partial charge in [0.15, 0.2) is 0 Å². The van der Waals surface area contributed by atoms with Gasteiger partial charge >= 0.3 is 0 Å². The van der Waals surface area contributed by atoms with Crippen molar-refractivity contribution in [2.24, 2.45) is 5.73 Å². The number of ether oxygens (including phenoxy) is 1. The first-order valence-corrected chi connectivity index (χ1v) is 6.38. The smallest absolute Gasteiger partial charge is 0.249 e. The molecule has 2 aromatic rings. The number of carbonyl (C=O) groups excluding carboxylic acids is 1. The van der Waals surface area contributed by atoms with Crippen LogP contribution in [0, 0.1) is 0 Å². The minimum Gasteiger partial charge on any atom is -0.497 e. The molecular formula is C11H9BrN2O2S. The zero-order valence-electron chi connectivity index (χ0n) is 8.94. The molecule has 0 fully saturated rings. The molecule has 0 radical (unpaired) electrons. The second kappa shape index (κ2) is 4.85. The standard InChI is InChI=1S/C11H9BrN2O2S/c1-16-6-2-3-7(10(13)15)8(4-6)11-14-9(12)5-17-11/h2-5H,1H3,(H2,13,15). The molecule has 0 spiro atoms. The molecule has 0 aliphatic heterocycles. The molecule has 2 N–H and O–H groups in total. The molecule has 1 amide bonds. The molecule has 4 nitrogen and oxygen atoms in total. The Kier molecular flexibility index (Phi) is 3.44. The molecule has 1 heterocycles. The van der Waals surface area contributed by atoms with Crippen molar-refractivity contribution in [2.45, 2.75) is 0 Å². The van der Waals surface area contributed by atoms with Crippen LogP contribution in [0.1, 0.15) is 10.4 Å². The van der Waals surface area contributed by atoms with Crippen molar-refractivity contribution in [2.75, 3.05) is 7.11 Å². The lowest BCUT2D eigenvalue weighted by molar-refractivity contribution is 0.100. The average Bonchev–Trinajstić information content (AvgIpc) is 2.75. The number of nitrogens with zero attached hydrogens (tertiary/aromatic N) is 1. The third-order valence-electron chi connectivity index (χ3n) is 2.20. The van der Waals surface area contributed by atoms with E-state index in [1.807, 2.05) is 5.38 Å². The summed E-state index contributed by atoms with van der Waals surface area (Å²) in [5.74, 6) is 0.185. The van der Waals surface area contributed by atoms with E-state index in [1.165, 1.54) is 11.3 Å². The minimum atomic E-state index is -0.478. The number of benzene rings is 1. The van der Waals surface area contributed by atoms with Crippen molar-refractivity contribution in [1.82, 2.24) is 4.98 Å². The van der Waals surface area contributed by atoms with Crippen LogP contribution in [0.25, 0.3) is 10.6 Å². The summed E-state index contributed by atoms with van der Waals surface area (Å²) in [6, 6.07) is 5.10. The van der Waals surface area contributed by atoms with Gasteiger partial charge in [0.05, 0.1) is 7.11 Å². The monoisotopic (exact) mass is 312 g/mol. The van der Waals surface area contributed by atoms with E-state index < -0.39 is 5.91 Å². The van der Waals surface area contributed by atoms with Gasteiger partial charge in [-0.15, -0.1) is 11.3 Å². The van der Waals surface area contributed by atoms with Crippen molar-refractivity contribution in [3.63, 3.8) is 0 Å². The zero-order valence-corrected chi connectivity index (χ0v) is 11.3. The lowest BCUT2D eigenvalue weighted by atomic mass is 10.1. The molecular weight excluding hydrogens is 304 g/mol. The maximum atomic E-state index is 11.3. The lowest BCUT2D eigenvalue weighted by Gasteiger charge is -2.06. The Morgan fingerprint density at radius 1 is 1.53 bits per heavy atom. The number of carbonyl (C=O) groups is 1. The van der Waals surface area contributed by atoms with Crippen LogP contribution in [0.2, 0.25) is 0 Å². The number of hydrogen-bond donors (Lipinski definition) is 1. The minimum absolute atomic E-state index is 0.438. The average molecular weight is 313 g/mol. The van der Waals surface area contributed by atoms with Crippen LogP contribution in [-0.4, -0.2) is 18.0 Å². The van der Waals surface area contributed by atoms with Crippen LogP contribution >= 0.6 is 27.3 Å². The summed E-state index contributed by atoms with van der Waals surface area (Å²) in [5.41, 5.74) is 6.46. The maximum absolute atomic E-state index is 11.3. The predicted octanol–water partition coefficient (Wildman–Crippen LogP) is 2.68. The van der Waals surface area contributed by atoms with E-state index in [-0.39, 0.29) is 0 Å². The quantitative estimate of drug-likeness (QED) is 0.947. The molecule has 0 unspecified atom stereocenters. The fourth-order valence-corrected chi connectivity index (χ4v) is 2.70.